The molecule has 0 aliphatic carbocycles. The van der Waals surface area contributed by atoms with E-state index in [4.69, 9.17) is 5.73 Å². The van der Waals surface area contributed by atoms with E-state index in [0.29, 0.717) is 0 Å². The molecule has 0 aliphatic rings. The zero-order chi connectivity index (χ0) is 21.7. The summed E-state index contributed by atoms with van der Waals surface area (Å²) in [6.45, 7) is 1.03. The number of carbonyl (C=O) groups excluding carboxylic acids is 3. The fourth-order valence-electron chi connectivity index (χ4n) is 2.57. The molecule has 4 N–H and O–H groups in total. The summed E-state index contributed by atoms with van der Waals surface area (Å²) in [5.74, 6) is -2.37. The Kier molecular flexibility index (Phi) is 6.47. The molecule has 0 bridgehead atoms. The summed E-state index contributed by atoms with van der Waals surface area (Å²) in [6.07, 6.45) is -5.20. The average Bonchev–Trinajstić information content (AvgIpc) is 2.66. The number of benzene rings is 2. The Hall–Kier alpha value is -3.56. The summed E-state index contributed by atoms with van der Waals surface area (Å²) in [5.41, 5.74) is 1.42. The number of hydrogen-bond acceptors (Lipinski definition) is 4. The van der Waals surface area contributed by atoms with Crippen LogP contribution in [0.25, 0.3) is 0 Å². The molecule has 29 heavy (non-hydrogen) atoms. The molecule has 0 spiro atoms. The van der Waals surface area contributed by atoms with Crippen molar-refractivity contribution in [1.29, 1.82) is 0 Å². The van der Waals surface area contributed by atoms with E-state index in [-0.39, 0.29) is 17.9 Å². The third-order valence-electron chi connectivity index (χ3n) is 3.94. The maximum absolute atomic E-state index is 14.1. The van der Waals surface area contributed by atoms with Gasteiger partial charge in [-0.15, -0.1) is 0 Å². The lowest BCUT2D eigenvalue weighted by molar-refractivity contribution is -0.213. The number of esters is 1. The van der Waals surface area contributed by atoms with Crippen molar-refractivity contribution in [3.05, 3.63) is 65.7 Å². The Bertz CT molecular complexity index is 886. The van der Waals surface area contributed by atoms with Gasteiger partial charge in [-0.1, -0.05) is 30.3 Å². The molecular weight excluding hydrogens is 391 g/mol. The number of carbonyl (C=O) groups is 3. The first kappa shape index (κ1) is 21.7. The Morgan fingerprint density at radius 3 is 2.07 bits per heavy atom. The van der Waals surface area contributed by atoms with Crippen LogP contribution < -0.4 is 16.4 Å². The summed E-state index contributed by atoms with van der Waals surface area (Å²) in [6, 6.07) is 10.0. The predicted molar refractivity (Wildman–Crippen MR) is 97.9 cm³/mol. The highest BCUT2D eigenvalue weighted by Gasteiger charge is 2.64. The van der Waals surface area contributed by atoms with Gasteiger partial charge in [-0.25, -0.2) is 9.59 Å². The second kappa shape index (κ2) is 8.63. The van der Waals surface area contributed by atoms with Crippen LogP contribution in [0.4, 0.5) is 23.7 Å². The molecule has 2 aromatic rings. The third kappa shape index (κ3) is 4.65. The quantitative estimate of drug-likeness (QED) is 0.637. The molecule has 0 saturated carbocycles. The van der Waals surface area contributed by atoms with Crippen molar-refractivity contribution in [2.24, 2.45) is 5.73 Å². The molecule has 2 rings (SSSR count). The number of hydrogen-bond donors (Lipinski definition) is 3. The molecule has 0 radical (unpaired) electrons. The van der Waals surface area contributed by atoms with Crippen molar-refractivity contribution < 1.29 is 32.3 Å². The summed E-state index contributed by atoms with van der Waals surface area (Å²) in [5, 5.41) is 3.91. The lowest BCUT2D eigenvalue weighted by Crippen LogP contribution is -2.62. The maximum Gasteiger partial charge on any atom is 0.426 e. The third-order valence-corrected chi connectivity index (χ3v) is 3.94. The number of anilines is 1. The molecule has 0 fully saturated rings. The van der Waals surface area contributed by atoms with E-state index >= 15 is 0 Å². The van der Waals surface area contributed by atoms with Crippen molar-refractivity contribution in [1.82, 2.24) is 5.32 Å². The number of rotatable bonds is 6. The number of nitrogens with two attached hydrogens (primary N) is 1. The summed E-state index contributed by atoms with van der Waals surface area (Å²) in [7, 11) is 0. The van der Waals surface area contributed by atoms with Crippen molar-refractivity contribution >= 4 is 23.6 Å². The highest BCUT2D eigenvalue weighted by molar-refractivity contribution is 5.96. The smallest absolute Gasteiger partial charge is 0.426 e. The van der Waals surface area contributed by atoms with Gasteiger partial charge < -0.3 is 21.1 Å². The van der Waals surface area contributed by atoms with Crippen LogP contribution in [0, 0.1) is 0 Å². The van der Waals surface area contributed by atoms with E-state index in [2.05, 4.69) is 10.1 Å². The summed E-state index contributed by atoms with van der Waals surface area (Å²) < 4.78 is 46.9. The van der Waals surface area contributed by atoms with E-state index in [9.17, 15) is 27.6 Å². The van der Waals surface area contributed by atoms with Gasteiger partial charge >= 0.3 is 18.2 Å². The maximum atomic E-state index is 14.1. The minimum atomic E-state index is -5.20. The zero-order valence-electron chi connectivity index (χ0n) is 15.2. The first-order chi connectivity index (χ1) is 13.6. The summed E-state index contributed by atoms with van der Waals surface area (Å²) >= 11 is 0. The molecule has 0 aliphatic heterocycles. The Morgan fingerprint density at radius 2 is 1.59 bits per heavy atom. The molecule has 10 heteroatoms. The van der Waals surface area contributed by atoms with Gasteiger partial charge in [0.1, 0.15) is 0 Å². The Morgan fingerprint density at radius 1 is 1.00 bits per heavy atom. The molecule has 1 atom stereocenters. The number of primary amides is 1. The normalized spacial score (nSPS) is 13.1. The summed E-state index contributed by atoms with van der Waals surface area (Å²) in [4.78, 5) is 35.8. The van der Waals surface area contributed by atoms with Crippen LogP contribution in [0.1, 0.15) is 22.8 Å². The second-order valence-corrected chi connectivity index (χ2v) is 5.85. The standard InChI is InChI=1S/C19H18F3N3O4/c1-2-29-16(27)18(19(20,21)22,13-6-4-3-5-7-13)25-17(28)24-14-10-8-12(9-11-14)15(23)26/h3-11H,2H2,1H3,(H2,23,26)(H2,24,25,28)/t18-/m1/s1. The number of amides is 3. The molecule has 0 unspecified atom stereocenters. The van der Waals surface area contributed by atoms with Gasteiger partial charge in [0, 0.05) is 11.3 Å². The Labute approximate surface area is 164 Å². The van der Waals surface area contributed by atoms with Gasteiger partial charge in [-0.3, -0.25) is 4.79 Å². The highest BCUT2D eigenvalue weighted by Crippen LogP contribution is 2.40. The minimum absolute atomic E-state index is 0.0838. The fraction of sp³-hybridized carbons (Fsp3) is 0.211. The van der Waals surface area contributed by atoms with Crippen molar-refractivity contribution in [3.63, 3.8) is 0 Å². The lowest BCUT2D eigenvalue weighted by atomic mass is 9.89. The van der Waals surface area contributed by atoms with Gasteiger partial charge in [0.2, 0.25) is 5.91 Å². The topological polar surface area (TPSA) is 111 Å². The molecule has 7 nitrogen and oxygen atoms in total. The van der Waals surface area contributed by atoms with Gasteiger partial charge in [0.05, 0.1) is 6.61 Å². The van der Waals surface area contributed by atoms with Crippen LogP contribution >= 0.6 is 0 Å². The van der Waals surface area contributed by atoms with Crippen LogP contribution in [0.5, 0.6) is 0 Å². The van der Waals surface area contributed by atoms with Gasteiger partial charge in [0.15, 0.2) is 0 Å². The van der Waals surface area contributed by atoms with Crippen LogP contribution in [0.2, 0.25) is 0 Å². The monoisotopic (exact) mass is 409 g/mol. The van der Waals surface area contributed by atoms with Crippen LogP contribution in [0.3, 0.4) is 0 Å². The van der Waals surface area contributed by atoms with Gasteiger partial charge in [0.25, 0.3) is 5.54 Å². The van der Waals surface area contributed by atoms with E-state index < -0.39 is 35.2 Å². The molecule has 0 aromatic heterocycles. The van der Waals surface area contributed by atoms with Crippen LogP contribution in [0.15, 0.2) is 54.6 Å². The molecule has 0 saturated heterocycles. The van der Waals surface area contributed by atoms with E-state index in [0.717, 1.165) is 12.1 Å². The molecule has 3 amide bonds. The molecule has 154 valence electrons. The lowest BCUT2D eigenvalue weighted by Gasteiger charge is -2.34. The van der Waals surface area contributed by atoms with Gasteiger partial charge in [-0.2, -0.15) is 13.2 Å². The van der Waals surface area contributed by atoms with E-state index in [1.807, 2.05) is 0 Å². The zero-order valence-corrected chi connectivity index (χ0v) is 15.2. The number of urea groups is 1. The van der Waals surface area contributed by atoms with Crippen molar-refractivity contribution in [2.75, 3.05) is 11.9 Å². The SMILES string of the molecule is CCOC(=O)[C@](NC(=O)Nc1ccc(C(N)=O)cc1)(c1ccccc1)C(F)(F)F. The highest BCUT2D eigenvalue weighted by atomic mass is 19.4. The predicted octanol–water partition coefficient (Wildman–Crippen LogP) is 2.93. The number of nitrogens with one attached hydrogen (secondary N) is 2. The van der Waals surface area contributed by atoms with E-state index in [1.54, 1.807) is 5.32 Å². The van der Waals surface area contributed by atoms with Crippen molar-refractivity contribution in [2.45, 2.75) is 18.6 Å². The van der Waals surface area contributed by atoms with Crippen LogP contribution in [-0.4, -0.2) is 30.7 Å². The van der Waals surface area contributed by atoms with Crippen molar-refractivity contribution in [3.8, 4) is 0 Å². The molecular formula is C19H18F3N3O4. The minimum Gasteiger partial charge on any atom is -0.464 e. The number of halogens is 3. The number of alkyl halides is 3. The fourth-order valence-corrected chi connectivity index (χ4v) is 2.57. The molecule has 0 heterocycles. The van der Waals surface area contributed by atoms with Gasteiger partial charge in [-0.05, 0) is 36.8 Å². The largest absolute Gasteiger partial charge is 0.464 e. The first-order valence-electron chi connectivity index (χ1n) is 8.40. The average molecular weight is 409 g/mol. The molecule has 2 aromatic carbocycles. The first-order valence-corrected chi connectivity index (χ1v) is 8.40. The number of ether oxygens (including phenoxy) is 1. The second-order valence-electron chi connectivity index (χ2n) is 5.85. The van der Waals surface area contributed by atoms with Crippen LogP contribution in [-0.2, 0) is 15.1 Å². The Balaban J connectivity index is 2.39. The van der Waals surface area contributed by atoms with E-state index in [1.165, 1.54) is 49.4 Å².